The summed E-state index contributed by atoms with van der Waals surface area (Å²) >= 11 is 1.46. The summed E-state index contributed by atoms with van der Waals surface area (Å²) in [4.78, 5) is 18.4. The number of amides is 2. The molecule has 3 rings (SSSR count). The van der Waals surface area contributed by atoms with E-state index in [0.717, 1.165) is 11.3 Å². The van der Waals surface area contributed by atoms with Crippen molar-refractivity contribution in [3.63, 3.8) is 0 Å². The fraction of sp³-hybridized carbons (Fsp3) is 0.375. The number of nitrogens with zero attached hydrogens (tertiary/aromatic N) is 2. The average Bonchev–Trinajstić information content (AvgIpc) is 3.28. The van der Waals surface area contributed by atoms with Gasteiger partial charge in [-0.3, -0.25) is 5.32 Å². The van der Waals surface area contributed by atoms with Crippen molar-refractivity contribution in [1.29, 1.82) is 0 Å². The highest BCUT2D eigenvalue weighted by Crippen LogP contribution is 2.40. The number of aromatic nitrogens is 1. The van der Waals surface area contributed by atoms with Crippen LogP contribution in [-0.4, -0.2) is 34.2 Å². The highest BCUT2D eigenvalue weighted by atomic mass is 32.1. The van der Waals surface area contributed by atoms with E-state index in [0.29, 0.717) is 24.1 Å². The quantitative estimate of drug-likeness (QED) is 0.860. The first-order valence-corrected chi connectivity index (χ1v) is 8.30. The van der Waals surface area contributed by atoms with Crippen LogP contribution in [0.3, 0.4) is 0 Å². The minimum Gasteiger partial charge on any atom is -0.395 e. The Labute approximate surface area is 133 Å². The number of aliphatic hydroxyl groups excluding tert-OH is 1. The molecule has 0 radical (unpaired) electrons. The van der Waals surface area contributed by atoms with Crippen LogP contribution in [0, 0.1) is 0 Å². The third-order valence-electron chi connectivity index (χ3n) is 3.60. The fourth-order valence-corrected chi connectivity index (χ4v) is 3.04. The number of aliphatic hydroxyl groups is 1. The monoisotopic (exact) mass is 317 g/mol. The van der Waals surface area contributed by atoms with E-state index in [1.54, 1.807) is 4.90 Å². The van der Waals surface area contributed by atoms with Crippen molar-refractivity contribution in [3.8, 4) is 0 Å². The van der Waals surface area contributed by atoms with Crippen LogP contribution in [0.1, 0.15) is 30.0 Å². The van der Waals surface area contributed by atoms with Crippen LogP contribution in [0.4, 0.5) is 9.93 Å². The molecule has 1 fully saturated rings. The lowest BCUT2D eigenvalue weighted by Gasteiger charge is -2.21. The van der Waals surface area contributed by atoms with E-state index in [9.17, 15) is 9.90 Å². The Kier molecular flexibility index (Phi) is 4.70. The van der Waals surface area contributed by atoms with E-state index in [1.807, 2.05) is 35.7 Å². The van der Waals surface area contributed by atoms with Crippen LogP contribution in [0.2, 0.25) is 0 Å². The fourth-order valence-electron chi connectivity index (χ4n) is 2.26. The Morgan fingerprint density at radius 3 is 2.82 bits per heavy atom. The van der Waals surface area contributed by atoms with Crippen LogP contribution < -0.4 is 5.32 Å². The molecule has 6 heteroatoms. The van der Waals surface area contributed by atoms with Gasteiger partial charge in [-0.2, -0.15) is 0 Å². The first kappa shape index (κ1) is 15.0. The molecule has 22 heavy (non-hydrogen) atoms. The summed E-state index contributed by atoms with van der Waals surface area (Å²) in [5.74, 6) is 0.583. The first-order valence-electron chi connectivity index (χ1n) is 7.42. The van der Waals surface area contributed by atoms with Gasteiger partial charge < -0.3 is 10.0 Å². The van der Waals surface area contributed by atoms with Gasteiger partial charge in [0.05, 0.1) is 12.3 Å². The third kappa shape index (κ3) is 3.84. The Hall–Kier alpha value is -1.92. The maximum atomic E-state index is 12.4. The number of hydrogen-bond acceptors (Lipinski definition) is 4. The standard InChI is InChI=1S/C16H19N3O2S/c20-9-8-19(10-12-4-2-1-3-5-12)16(21)18-15-17-14(11-22-15)13-6-7-13/h1-5,11,13,20H,6-10H2,(H,17,18,21). The molecule has 0 bridgehead atoms. The summed E-state index contributed by atoms with van der Waals surface area (Å²) in [6, 6.07) is 9.52. The number of carbonyl (C=O) groups excluding carboxylic acids is 1. The molecule has 2 N–H and O–H groups in total. The number of urea groups is 1. The van der Waals surface area contributed by atoms with Crippen molar-refractivity contribution < 1.29 is 9.90 Å². The lowest BCUT2D eigenvalue weighted by atomic mass is 10.2. The van der Waals surface area contributed by atoms with E-state index < -0.39 is 0 Å². The second-order valence-electron chi connectivity index (χ2n) is 5.41. The van der Waals surface area contributed by atoms with Gasteiger partial charge in [0.15, 0.2) is 5.13 Å². The number of anilines is 1. The molecule has 1 saturated carbocycles. The molecular formula is C16H19N3O2S. The number of benzene rings is 1. The zero-order valence-electron chi connectivity index (χ0n) is 12.2. The second-order valence-corrected chi connectivity index (χ2v) is 6.27. The third-order valence-corrected chi connectivity index (χ3v) is 4.38. The number of carbonyl (C=O) groups is 1. The summed E-state index contributed by atoms with van der Waals surface area (Å²) in [6.07, 6.45) is 2.39. The molecule has 1 aliphatic rings. The molecule has 1 aromatic heterocycles. The summed E-state index contributed by atoms with van der Waals surface area (Å²) in [6.45, 7) is 0.696. The molecule has 116 valence electrons. The van der Waals surface area contributed by atoms with Crippen molar-refractivity contribution in [2.24, 2.45) is 0 Å². The lowest BCUT2D eigenvalue weighted by molar-refractivity contribution is 0.185. The van der Waals surface area contributed by atoms with Crippen molar-refractivity contribution in [2.75, 3.05) is 18.5 Å². The molecule has 2 aromatic rings. The van der Waals surface area contributed by atoms with Gasteiger partial charge in [0.2, 0.25) is 0 Å². The van der Waals surface area contributed by atoms with Crippen molar-refractivity contribution in [1.82, 2.24) is 9.88 Å². The van der Waals surface area contributed by atoms with Crippen molar-refractivity contribution in [2.45, 2.75) is 25.3 Å². The van der Waals surface area contributed by atoms with Gasteiger partial charge in [0.25, 0.3) is 0 Å². The molecule has 2 amide bonds. The maximum absolute atomic E-state index is 12.4. The molecule has 0 unspecified atom stereocenters. The minimum atomic E-state index is -0.227. The molecular weight excluding hydrogens is 298 g/mol. The summed E-state index contributed by atoms with van der Waals surface area (Å²) < 4.78 is 0. The molecule has 1 heterocycles. The van der Waals surface area contributed by atoms with Gasteiger partial charge in [-0.15, -0.1) is 11.3 Å². The van der Waals surface area contributed by atoms with Crippen LogP contribution in [0.25, 0.3) is 0 Å². The largest absolute Gasteiger partial charge is 0.395 e. The highest BCUT2D eigenvalue weighted by Gasteiger charge is 2.26. The number of thiazole rings is 1. The second kappa shape index (κ2) is 6.89. The smallest absolute Gasteiger partial charge is 0.324 e. The topological polar surface area (TPSA) is 65.5 Å². The van der Waals surface area contributed by atoms with E-state index in [-0.39, 0.29) is 12.6 Å². The van der Waals surface area contributed by atoms with Crippen LogP contribution in [0.5, 0.6) is 0 Å². The van der Waals surface area contributed by atoms with Crippen LogP contribution in [-0.2, 0) is 6.54 Å². The summed E-state index contributed by atoms with van der Waals surface area (Å²) in [7, 11) is 0. The predicted octanol–water partition coefficient (Wildman–Crippen LogP) is 3.05. The summed E-state index contributed by atoms with van der Waals surface area (Å²) in [5.41, 5.74) is 2.11. The van der Waals surface area contributed by atoms with Gasteiger partial charge in [0.1, 0.15) is 0 Å². The minimum absolute atomic E-state index is 0.0640. The lowest BCUT2D eigenvalue weighted by Crippen LogP contribution is -2.36. The Bertz CT molecular complexity index is 625. The van der Waals surface area contributed by atoms with E-state index in [4.69, 9.17) is 0 Å². The van der Waals surface area contributed by atoms with E-state index >= 15 is 0 Å². The predicted molar refractivity (Wildman–Crippen MR) is 87.0 cm³/mol. The molecule has 0 saturated heterocycles. The molecule has 0 aliphatic heterocycles. The van der Waals surface area contributed by atoms with E-state index in [1.165, 1.54) is 24.2 Å². The van der Waals surface area contributed by atoms with Gasteiger partial charge in [-0.25, -0.2) is 9.78 Å². The number of rotatable bonds is 6. The normalized spacial score (nSPS) is 13.9. The first-order chi connectivity index (χ1) is 10.8. The average molecular weight is 317 g/mol. The highest BCUT2D eigenvalue weighted by molar-refractivity contribution is 7.13. The van der Waals surface area contributed by atoms with Gasteiger partial charge in [0, 0.05) is 24.4 Å². The van der Waals surface area contributed by atoms with Gasteiger partial charge >= 0.3 is 6.03 Å². The van der Waals surface area contributed by atoms with Crippen LogP contribution in [0.15, 0.2) is 35.7 Å². The zero-order chi connectivity index (χ0) is 15.4. The summed E-state index contributed by atoms with van der Waals surface area (Å²) in [5, 5.41) is 14.7. The SMILES string of the molecule is O=C(Nc1nc(C2CC2)cs1)N(CCO)Cc1ccccc1. The number of nitrogens with one attached hydrogen (secondary N) is 1. The van der Waals surface area contributed by atoms with Gasteiger partial charge in [-0.05, 0) is 18.4 Å². The molecule has 0 atom stereocenters. The molecule has 1 aliphatic carbocycles. The van der Waals surface area contributed by atoms with E-state index in [2.05, 4.69) is 10.3 Å². The van der Waals surface area contributed by atoms with Gasteiger partial charge in [-0.1, -0.05) is 30.3 Å². The van der Waals surface area contributed by atoms with Crippen molar-refractivity contribution in [3.05, 3.63) is 47.0 Å². The molecule has 5 nitrogen and oxygen atoms in total. The molecule has 1 aromatic carbocycles. The van der Waals surface area contributed by atoms with Crippen molar-refractivity contribution >= 4 is 22.5 Å². The zero-order valence-corrected chi connectivity index (χ0v) is 13.1. The Morgan fingerprint density at radius 1 is 1.36 bits per heavy atom. The Morgan fingerprint density at radius 2 is 2.14 bits per heavy atom. The molecule has 0 spiro atoms. The van der Waals surface area contributed by atoms with Crippen LogP contribution >= 0.6 is 11.3 Å². The maximum Gasteiger partial charge on any atom is 0.324 e. The Balaban J connectivity index is 1.63. The number of hydrogen-bond donors (Lipinski definition) is 2.